The van der Waals surface area contributed by atoms with Crippen LogP contribution in [0.3, 0.4) is 0 Å². The molecular weight excluding hydrogens is 304 g/mol. The minimum Gasteiger partial charge on any atom is -0.398 e. The van der Waals surface area contributed by atoms with Gasteiger partial charge in [0.25, 0.3) is 5.91 Å². The van der Waals surface area contributed by atoms with Crippen molar-refractivity contribution in [3.63, 3.8) is 0 Å². The highest BCUT2D eigenvalue weighted by Gasteiger charge is 2.24. The zero-order valence-corrected chi connectivity index (χ0v) is 13.2. The third-order valence-electron chi connectivity index (χ3n) is 3.96. The average molecular weight is 325 g/mol. The Morgan fingerprint density at radius 1 is 1.37 bits per heavy atom. The van der Waals surface area contributed by atoms with Gasteiger partial charge in [0.15, 0.2) is 0 Å². The fraction of sp³-hybridized carbons (Fsp3) is 0.533. The number of hydrogen-bond acceptors (Lipinski definition) is 2. The normalized spacial score (nSPS) is 20.2. The Morgan fingerprint density at radius 3 is 2.84 bits per heavy atom. The molecule has 4 heteroatoms. The smallest absolute Gasteiger partial charge is 0.254 e. The van der Waals surface area contributed by atoms with Crippen LogP contribution in [0.2, 0.25) is 0 Å². The molecule has 0 bridgehead atoms. The number of benzene rings is 1. The Morgan fingerprint density at radius 2 is 2.11 bits per heavy atom. The van der Waals surface area contributed by atoms with E-state index < -0.39 is 0 Å². The van der Waals surface area contributed by atoms with Crippen LogP contribution in [0.25, 0.3) is 0 Å². The SMILES string of the molecule is Cc1c(N)cc(Br)cc1C(=O)N1CCCCCC1C. The lowest BCUT2D eigenvalue weighted by atomic mass is 10.0. The van der Waals surface area contributed by atoms with Gasteiger partial charge in [-0.15, -0.1) is 0 Å². The van der Waals surface area contributed by atoms with Crippen molar-refractivity contribution in [1.82, 2.24) is 4.90 Å². The number of nitrogen functional groups attached to an aromatic ring is 1. The molecule has 1 aromatic rings. The summed E-state index contributed by atoms with van der Waals surface area (Å²) in [6.45, 7) is 4.91. The molecule has 2 rings (SSSR count). The number of amides is 1. The lowest BCUT2D eigenvalue weighted by molar-refractivity contribution is 0.0697. The number of carbonyl (C=O) groups is 1. The largest absolute Gasteiger partial charge is 0.398 e. The summed E-state index contributed by atoms with van der Waals surface area (Å²) in [5.74, 6) is 0.111. The van der Waals surface area contributed by atoms with E-state index in [1.807, 2.05) is 24.0 Å². The molecule has 1 heterocycles. The standard InChI is InChI=1S/C15H21BrN2O/c1-10-6-4-3-5-7-18(10)15(19)13-8-12(16)9-14(17)11(13)2/h8-10H,3-7,17H2,1-2H3. The van der Waals surface area contributed by atoms with Crippen LogP contribution in [-0.2, 0) is 0 Å². The molecule has 0 aliphatic carbocycles. The van der Waals surface area contributed by atoms with Crippen molar-refractivity contribution in [2.75, 3.05) is 12.3 Å². The molecule has 0 spiro atoms. The van der Waals surface area contributed by atoms with Gasteiger partial charge in [-0.1, -0.05) is 28.8 Å². The predicted molar refractivity (Wildman–Crippen MR) is 82.3 cm³/mol. The van der Waals surface area contributed by atoms with Gasteiger partial charge in [0.2, 0.25) is 0 Å². The maximum Gasteiger partial charge on any atom is 0.254 e. The highest BCUT2D eigenvalue weighted by Crippen LogP contribution is 2.26. The number of nitrogens with two attached hydrogens (primary N) is 1. The summed E-state index contributed by atoms with van der Waals surface area (Å²) in [6, 6.07) is 4.04. The molecular formula is C15H21BrN2O. The number of carbonyl (C=O) groups excluding carboxylic acids is 1. The molecule has 1 aliphatic rings. The summed E-state index contributed by atoms with van der Waals surface area (Å²) in [7, 11) is 0. The average Bonchev–Trinajstić information content (AvgIpc) is 2.57. The van der Waals surface area contributed by atoms with Gasteiger partial charge in [0, 0.05) is 28.3 Å². The number of halogens is 1. The van der Waals surface area contributed by atoms with Crippen molar-refractivity contribution in [3.8, 4) is 0 Å². The molecule has 104 valence electrons. The number of rotatable bonds is 1. The predicted octanol–water partition coefficient (Wildman–Crippen LogP) is 3.74. The van der Waals surface area contributed by atoms with Crippen LogP contribution in [0.15, 0.2) is 16.6 Å². The zero-order valence-electron chi connectivity index (χ0n) is 11.6. The third-order valence-corrected chi connectivity index (χ3v) is 4.41. The number of nitrogens with zero attached hydrogens (tertiary/aromatic N) is 1. The molecule has 1 amide bonds. The van der Waals surface area contributed by atoms with Crippen molar-refractivity contribution < 1.29 is 4.79 Å². The van der Waals surface area contributed by atoms with Gasteiger partial charge in [-0.25, -0.2) is 0 Å². The molecule has 0 aromatic heterocycles. The summed E-state index contributed by atoms with van der Waals surface area (Å²) in [5.41, 5.74) is 8.22. The molecule has 1 aromatic carbocycles. The Labute approximate surface area is 123 Å². The Hall–Kier alpha value is -1.03. The first kappa shape index (κ1) is 14.4. The molecule has 19 heavy (non-hydrogen) atoms. The lowest BCUT2D eigenvalue weighted by Gasteiger charge is -2.28. The number of hydrogen-bond donors (Lipinski definition) is 1. The van der Waals surface area contributed by atoms with E-state index in [2.05, 4.69) is 22.9 Å². The maximum absolute atomic E-state index is 12.7. The van der Waals surface area contributed by atoms with E-state index in [4.69, 9.17) is 5.73 Å². The van der Waals surface area contributed by atoms with Gasteiger partial charge >= 0.3 is 0 Å². The van der Waals surface area contributed by atoms with Crippen molar-refractivity contribution in [1.29, 1.82) is 0 Å². The van der Waals surface area contributed by atoms with E-state index in [9.17, 15) is 4.79 Å². The molecule has 1 fully saturated rings. The summed E-state index contributed by atoms with van der Waals surface area (Å²) in [4.78, 5) is 14.7. The van der Waals surface area contributed by atoms with Crippen LogP contribution >= 0.6 is 15.9 Å². The van der Waals surface area contributed by atoms with Gasteiger partial charge in [-0.2, -0.15) is 0 Å². The van der Waals surface area contributed by atoms with Gasteiger partial charge in [-0.3, -0.25) is 4.79 Å². The Balaban J connectivity index is 2.32. The molecule has 1 saturated heterocycles. The molecule has 0 saturated carbocycles. The van der Waals surface area contributed by atoms with Crippen molar-refractivity contribution >= 4 is 27.5 Å². The Bertz CT molecular complexity index is 487. The number of anilines is 1. The maximum atomic E-state index is 12.7. The fourth-order valence-electron chi connectivity index (χ4n) is 2.65. The monoisotopic (exact) mass is 324 g/mol. The second-order valence-electron chi connectivity index (χ2n) is 5.36. The lowest BCUT2D eigenvalue weighted by Crippen LogP contribution is -2.38. The van der Waals surface area contributed by atoms with Crippen molar-refractivity contribution in [2.45, 2.75) is 45.6 Å². The molecule has 1 atom stereocenters. The van der Waals surface area contributed by atoms with E-state index in [1.165, 1.54) is 12.8 Å². The van der Waals surface area contributed by atoms with Crippen LogP contribution in [-0.4, -0.2) is 23.4 Å². The van der Waals surface area contributed by atoms with E-state index in [-0.39, 0.29) is 5.91 Å². The first-order valence-corrected chi connectivity index (χ1v) is 7.66. The van der Waals surface area contributed by atoms with E-state index in [1.54, 1.807) is 0 Å². The highest BCUT2D eigenvalue weighted by molar-refractivity contribution is 9.10. The van der Waals surface area contributed by atoms with Gasteiger partial charge < -0.3 is 10.6 Å². The summed E-state index contributed by atoms with van der Waals surface area (Å²) >= 11 is 3.42. The van der Waals surface area contributed by atoms with Crippen LogP contribution in [0.4, 0.5) is 5.69 Å². The summed E-state index contributed by atoms with van der Waals surface area (Å²) < 4.78 is 0.862. The minimum absolute atomic E-state index is 0.111. The van der Waals surface area contributed by atoms with Crippen LogP contribution < -0.4 is 5.73 Å². The van der Waals surface area contributed by atoms with Gasteiger partial charge in [0.05, 0.1) is 0 Å². The van der Waals surface area contributed by atoms with Gasteiger partial charge in [0.1, 0.15) is 0 Å². The van der Waals surface area contributed by atoms with Crippen LogP contribution in [0.1, 0.15) is 48.5 Å². The van der Waals surface area contributed by atoms with Gasteiger partial charge in [-0.05, 0) is 44.4 Å². The molecule has 3 nitrogen and oxygen atoms in total. The number of likely N-dealkylation sites (tertiary alicyclic amines) is 1. The third kappa shape index (κ3) is 3.11. The second kappa shape index (κ2) is 5.95. The van der Waals surface area contributed by atoms with E-state index in [0.29, 0.717) is 11.7 Å². The Kier molecular flexibility index (Phi) is 4.50. The highest BCUT2D eigenvalue weighted by atomic mass is 79.9. The molecule has 1 aliphatic heterocycles. The topological polar surface area (TPSA) is 46.3 Å². The first-order valence-electron chi connectivity index (χ1n) is 6.87. The summed E-state index contributed by atoms with van der Waals surface area (Å²) in [5, 5.41) is 0. The fourth-order valence-corrected chi connectivity index (χ4v) is 3.13. The first-order chi connectivity index (χ1) is 9.00. The van der Waals surface area contributed by atoms with Crippen LogP contribution in [0.5, 0.6) is 0 Å². The minimum atomic E-state index is 0.111. The quantitative estimate of drug-likeness (QED) is 0.800. The zero-order chi connectivity index (χ0) is 14.0. The van der Waals surface area contributed by atoms with E-state index >= 15 is 0 Å². The summed E-state index contributed by atoms with van der Waals surface area (Å²) in [6.07, 6.45) is 4.62. The second-order valence-corrected chi connectivity index (χ2v) is 6.28. The molecule has 1 unspecified atom stereocenters. The van der Waals surface area contributed by atoms with Crippen molar-refractivity contribution in [2.24, 2.45) is 0 Å². The van der Waals surface area contributed by atoms with Crippen molar-refractivity contribution in [3.05, 3.63) is 27.7 Å². The van der Waals surface area contributed by atoms with Crippen LogP contribution in [0, 0.1) is 6.92 Å². The molecule has 0 radical (unpaired) electrons. The molecule has 2 N–H and O–H groups in total. The van der Waals surface area contributed by atoms with E-state index in [0.717, 1.165) is 35.0 Å².